The van der Waals surface area contributed by atoms with Gasteiger partial charge in [0.1, 0.15) is 0 Å². The molecule has 0 saturated heterocycles. The van der Waals surface area contributed by atoms with E-state index < -0.39 is 17.4 Å². The highest BCUT2D eigenvalue weighted by Gasteiger charge is 2.46. The van der Waals surface area contributed by atoms with E-state index >= 15 is 0 Å². The summed E-state index contributed by atoms with van der Waals surface area (Å²) in [6.07, 6.45) is 3.49. The van der Waals surface area contributed by atoms with Gasteiger partial charge < -0.3 is 9.47 Å². The van der Waals surface area contributed by atoms with E-state index in [4.69, 9.17) is 10.8 Å². The van der Waals surface area contributed by atoms with E-state index in [1.165, 1.54) is 0 Å². The smallest absolute Gasteiger partial charge is 0.336 e. The van der Waals surface area contributed by atoms with Gasteiger partial charge in [0, 0.05) is 13.1 Å². The predicted octanol–water partition coefficient (Wildman–Crippen LogP) is 2.46. The zero-order valence-electron chi connectivity index (χ0n) is 12.2. The van der Waals surface area contributed by atoms with Crippen molar-refractivity contribution in [1.29, 1.82) is 0 Å². The van der Waals surface area contributed by atoms with Crippen LogP contribution >= 0.6 is 15.9 Å². The lowest BCUT2D eigenvalue weighted by Gasteiger charge is -2.22. The van der Waals surface area contributed by atoms with Crippen LogP contribution in [0.4, 0.5) is 0 Å². The minimum absolute atomic E-state index is 0.0588. The van der Waals surface area contributed by atoms with Crippen LogP contribution in [0.5, 0.6) is 0 Å². The van der Waals surface area contributed by atoms with Crippen molar-refractivity contribution < 1.29 is 20.4 Å². The summed E-state index contributed by atoms with van der Waals surface area (Å²) in [6, 6.07) is 0. The van der Waals surface area contributed by atoms with E-state index in [0.29, 0.717) is 5.33 Å². The van der Waals surface area contributed by atoms with Gasteiger partial charge in [-0.15, -0.1) is 5.92 Å². The molecule has 106 valence electrons. The molecule has 0 aromatic heterocycles. The number of ether oxygens (including phenoxy) is 2. The molecule has 0 amide bonds. The summed E-state index contributed by atoms with van der Waals surface area (Å²) in [5.41, 5.74) is -1.69. The van der Waals surface area contributed by atoms with Crippen LogP contribution < -0.4 is 0 Å². The zero-order chi connectivity index (χ0) is 15.4. The fraction of sp³-hybridized carbons (Fsp3) is 0.571. The number of carbonyl (C=O) groups excluding carboxylic acids is 2. The van der Waals surface area contributed by atoms with Gasteiger partial charge in [-0.2, -0.15) is 0 Å². The third-order valence-electron chi connectivity index (χ3n) is 2.23. The monoisotopic (exact) mass is 331 g/mol. The molecule has 0 aliphatic heterocycles. The first-order valence-electron chi connectivity index (χ1n) is 6.64. The third-order valence-corrected chi connectivity index (χ3v) is 2.60. The first-order chi connectivity index (χ1) is 9.58. The number of hydrogen-bond acceptors (Lipinski definition) is 4. The molecular formula is C14H19BrO4. The van der Waals surface area contributed by atoms with E-state index in [9.17, 15) is 9.59 Å². The van der Waals surface area contributed by atoms with Crippen molar-refractivity contribution in [2.24, 2.45) is 5.41 Å². The number of alkyl halides is 1. The minimum Gasteiger partial charge on any atom is -0.464 e. The molecule has 0 saturated carbocycles. The van der Waals surface area contributed by atoms with Gasteiger partial charge >= 0.3 is 11.9 Å². The molecular weight excluding hydrogens is 312 g/mol. The summed E-state index contributed by atoms with van der Waals surface area (Å²) in [5.74, 6) is 3.55. The molecule has 0 fully saturated rings. The van der Waals surface area contributed by atoms with Crippen molar-refractivity contribution in [2.75, 3.05) is 18.5 Å². The van der Waals surface area contributed by atoms with Crippen LogP contribution in [0, 0.1) is 17.3 Å². The summed E-state index contributed by atoms with van der Waals surface area (Å²) in [7, 11) is 0. The molecule has 0 aliphatic rings. The van der Waals surface area contributed by atoms with Crippen LogP contribution in [0.1, 0.15) is 28.5 Å². The van der Waals surface area contributed by atoms with E-state index in [-0.39, 0.29) is 26.5 Å². The first-order valence-corrected chi connectivity index (χ1v) is 7.05. The highest BCUT2D eigenvalue weighted by Crippen LogP contribution is 2.26. The van der Waals surface area contributed by atoms with Crippen LogP contribution in [-0.2, 0) is 19.1 Å². The van der Waals surface area contributed by atoms with E-state index in [1.807, 2.05) is 0 Å². The Morgan fingerprint density at radius 2 is 1.84 bits per heavy atom. The molecule has 19 heavy (non-hydrogen) atoms. The van der Waals surface area contributed by atoms with Gasteiger partial charge in [0.25, 0.3) is 0 Å². The molecule has 0 unspecified atom stereocenters. The van der Waals surface area contributed by atoms with Gasteiger partial charge in [-0.05, 0) is 20.7 Å². The van der Waals surface area contributed by atoms with Crippen molar-refractivity contribution in [2.45, 2.75) is 27.2 Å². The molecule has 0 aliphatic carbocycles. The molecule has 0 aromatic carbocycles. The molecule has 0 aromatic rings. The lowest BCUT2D eigenvalue weighted by molar-refractivity contribution is -0.167. The standard InChI is InChI=1S/C14H19BrO4/c1-4-9-14(10-7-8-11-15,12(16)18-5-2)13(17)19-6-3/h7-8H,5-6,10-11H2,1-3H3/b8-7+/i1D. The quantitative estimate of drug-likeness (QED) is 0.236. The lowest BCUT2D eigenvalue weighted by Crippen LogP contribution is -2.40. The molecule has 0 radical (unpaired) electrons. The molecule has 0 bridgehead atoms. The highest BCUT2D eigenvalue weighted by molar-refractivity contribution is 9.09. The van der Waals surface area contributed by atoms with Crippen LogP contribution in [0.15, 0.2) is 12.2 Å². The number of hydrogen-bond donors (Lipinski definition) is 0. The Bertz CT molecular complexity index is 391. The Hall–Kier alpha value is -1.28. The second kappa shape index (κ2) is 9.62. The van der Waals surface area contributed by atoms with E-state index in [2.05, 4.69) is 27.8 Å². The maximum atomic E-state index is 12.1. The largest absolute Gasteiger partial charge is 0.464 e. The summed E-state index contributed by atoms with van der Waals surface area (Å²) in [4.78, 5) is 24.3. The number of rotatable bonds is 7. The zero-order valence-corrected chi connectivity index (χ0v) is 12.8. The van der Waals surface area contributed by atoms with Gasteiger partial charge in [0.05, 0.1) is 13.2 Å². The summed E-state index contributed by atoms with van der Waals surface area (Å²) < 4.78 is 17.0. The Morgan fingerprint density at radius 3 is 2.26 bits per heavy atom. The van der Waals surface area contributed by atoms with Crippen LogP contribution in [0.3, 0.4) is 0 Å². The van der Waals surface area contributed by atoms with Gasteiger partial charge in [-0.25, -0.2) is 9.59 Å². The summed E-state index contributed by atoms with van der Waals surface area (Å²) >= 11 is 3.22. The van der Waals surface area contributed by atoms with E-state index in [1.54, 1.807) is 26.0 Å². The molecule has 0 atom stereocenters. The number of halogens is 1. The second-order valence-electron chi connectivity index (χ2n) is 3.48. The average molecular weight is 332 g/mol. The Balaban J connectivity index is 5.55. The molecule has 4 nitrogen and oxygen atoms in total. The minimum atomic E-state index is -1.69. The maximum absolute atomic E-state index is 12.1. The fourth-order valence-electron chi connectivity index (χ4n) is 1.39. The van der Waals surface area contributed by atoms with E-state index in [0.717, 1.165) is 0 Å². The summed E-state index contributed by atoms with van der Waals surface area (Å²) in [5, 5.41) is 0.598. The number of carbonyl (C=O) groups is 2. The SMILES string of the molecule is [2H]CC#CC(C/C=C/CBr)(C(=O)OCC)C(=O)OCC. The number of allylic oxidation sites excluding steroid dienone is 2. The highest BCUT2D eigenvalue weighted by atomic mass is 79.9. The fourth-order valence-corrected chi connectivity index (χ4v) is 1.65. The molecule has 0 N–H and O–H groups in total. The Labute approximate surface area is 124 Å². The van der Waals surface area contributed by atoms with Crippen molar-refractivity contribution in [3.63, 3.8) is 0 Å². The Kier molecular flexibility index (Phi) is 7.99. The molecule has 0 spiro atoms. The lowest BCUT2D eigenvalue weighted by atomic mass is 9.84. The topological polar surface area (TPSA) is 52.6 Å². The van der Waals surface area contributed by atoms with Crippen LogP contribution in [0.2, 0.25) is 0 Å². The van der Waals surface area contributed by atoms with Gasteiger partial charge in [-0.1, -0.05) is 34.0 Å². The second-order valence-corrected chi connectivity index (χ2v) is 4.13. The molecule has 0 heterocycles. The van der Waals surface area contributed by atoms with Crippen LogP contribution in [0.25, 0.3) is 0 Å². The predicted molar refractivity (Wildman–Crippen MR) is 76.7 cm³/mol. The molecule has 0 rings (SSSR count). The average Bonchev–Trinajstić information content (AvgIpc) is 2.43. The van der Waals surface area contributed by atoms with Crippen molar-refractivity contribution in [3.8, 4) is 11.8 Å². The van der Waals surface area contributed by atoms with Crippen molar-refractivity contribution >= 4 is 27.9 Å². The van der Waals surface area contributed by atoms with Gasteiger partial charge in [-0.3, -0.25) is 0 Å². The third kappa shape index (κ3) is 5.07. The normalized spacial score (nSPS) is 11.4. The maximum Gasteiger partial charge on any atom is 0.336 e. The number of esters is 2. The first kappa shape index (κ1) is 15.8. The van der Waals surface area contributed by atoms with Gasteiger partial charge in [0.15, 0.2) is 0 Å². The Morgan fingerprint density at radius 1 is 1.26 bits per heavy atom. The molecule has 5 heteroatoms. The van der Waals surface area contributed by atoms with Crippen molar-refractivity contribution in [1.82, 2.24) is 0 Å². The van der Waals surface area contributed by atoms with Crippen molar-refractivity contribution in [3.05, 3.63) is 12.2 Å². The van der Waals surface area contributed by atoms with Crippen LogP contribution in [-0.4, -0.2) is 30.5 Å². The van der Waals surface area contributed by atoms with Gasteiger partial charge in [0.2, 0.25) is 5.41 Å². The summed E-state index contributed by atoms with van der Waals surface area (Å²) in [6.45, 7) is 3.39.